The Kier molecular flexibility index (Phi) is 5.16. The summed E-state index contributed by atoms with van der Waals surface area (Å²) in [5.41, 5.74) is 3.72. The summed E-state index contributed by atoms with van der Waals surface area (Å²) in [5, 5.41) is 11.4. The van der Waals surface area contributed by atoms with E-state index in [2.05, 4.69) is 44.8 Å². The molecule has 140 valence electrons. The maximum absolute atomic E-state index is 12.6. The normalized spacial score (nSPS) is 15.9. The van der Waals surface area contributed by atoms with Crippen LogP contribution in [0.2, 0.25) is 0 Å². The molecule has 1 aromatic heterocycles. The van der Waals surface area contributed by atoms with E-state index in [4.69, 9.17) is 0 Å². The summed E-state index contributed by atoms with van der Waals surface area (Å²) < 4.78 is 1.83. The number of nitrogens with zero attached hydrogens (tertiary/aromatic N) is 4. The van der Waals surface area contributed by atoms with Gasteiger partial charge in [0.1, 0.15) is 5.52 Å². The summed E-state index contributed by atoms with van der Waals surface area (Å²) in [6.45, 7) is 5.78. The Morgan fingerprint density at radius 1 is 1.15 bits per heavy atom. The van der Waals surface area contributed by atoms with Crippen molar-refractivity contribution in [3.05, 3.63) is 59.7 Å². The molecule has 6 heteroatoms. The number of hydrogen-bond acceptors (Lipinski definition) is 4. The first-order chi connectivity index (χ1) is 13.2. The predicted molar refractivity (Wildman–Crippen MR) is 105 cm³/mol. The number of likely N-dealkylation sites (tertiary alicyclic amines) is 1. The van der Waals surface area contributed by atoms with Crippen molar-refractivity contribution >= 4 is 16.9 Å². The highest BCUT2D eigenvalue weighted by atomic mass is 16.1. The highest BCUT2D eigenvalue weighted by molar-refractivity contribution is 5.97. The minimum Gasteiger partial charge on any atom is -0.349 e. The highest BCUT2D eigenvalue weighted by Crippen LogP contribution is 2.16. The molecule has 1 N–H and O–H groups in total. The lowest BCUT2D eigenvalue weighted by molar-refractivity contribution is 0.0909. The van der Waals surface area contributed by atoms with E-state index in [0.717, 1.165) is 50.1 Å². The fourth-order valence-electron chi connectivity index (χ4n) is 3.69. The number of hydrogen-bond donors (Lipinski definition) is 1. The third-order valence-electron chi connectivity index (χ3n) is 5.25. The van der Waals surface area contributed by atoms with Gasteiger partial charge >= 0.3 is 0 Å². The van der Waals surface area contributed by atoms with Gasteiger partial charge in [0.05, 0.1) is 5.52 Å². The molecule has 1 aliphatic heterocycles. The van der Waals surface area contributed by atoms with Crippen LogP contribution in [0.15, 0.2) is 48.5 Å². The number of fused-ring (bicyclic) bond motifs is 1. The SMILES string of the molecule is CCn1nnc2cc(C(=O)NC3CCN(Cc4ccccc4)CC3)ccc21. The number of benzene rings is 2. The molecule has 2 aromatic carbocycles. The fourth-order valence-corrected chi connectivity index (χ4v) is 3.69. The van der Waals surface area contributed by atoms with Crippen molar-refractivity contribution in [2.75, 3.05) is 13.1 Å². The molecule has 6 nitrogen and oxygen atoms in total. The van der Waals surface area contributed by atoms with Gasteiger partial charge in [0.25, 0.3) is 5.91 Å². The van der Waals surface area contributed by atoms with Crippen LogP contribution in [0, 0.1) is 0 Å². The molecule has 1 fully saturated rings. The minimum atomic E-state index is -0.0237. The van der Waals surface area contributed by atoms with Crippen molar-refractivity contribution in [2.45, 2.75) is 38.9 Å². The van der Waals surface area contributed by atoms with Gasteiger partial charge in [0.2, 0.25) is 0 Å². The molecule has 1 amide bonds. The molecule has 0 spiro atoms. The summed E-state index contributed by atoms with van der Waals surface area (Å²) in [6, 6.07) is 16.4. The van der Waals surface area contributed by atoms with Gasteiger partial charge < -0.3 is 5.32 Å². The highest BCUT2D eigenvalue weighted by Gasteiger charge is 2.21. The first-order valence-electron chi connectivity index (χ1n) is 9.63. The molecule has 0 saturated carbocycles. The van der Waals surface area contributed by atoms with Crippen LogP contribution in [0.3, 0.4) is 0 Å². The predicted octanol–water partition coefficient (Wildman–Crippen LogP) is 2.85. The van der Waals surface area contributed by atoms with Gasteiger partial charge in [-0.05, 0) is 43.5 Å². The molecule has 2 heterocycles. The van der Waals surface area contributed by atoms with E-state index in [9.17, 15) is 4.79 Å². The lowest BCUT2D eigenvalue weighted by Gasteiger charge is -2.32. The average molecular weight is 363 g/mol. The molecular weight excluding hydrogens is 338 g/mol. The summed E-state index contributed by atoms with van der Waals surface area (Å²) in [7, 11) is 0. The molecule has 0 atom stereocenters. The molecule has 1 aliphatic rings. The van der Waals surface area contributed by atoms with Crippen molar-refractivity contribution in [3.63, 3.8) is 0 Å². The summed E-state index contributed by atoms with van der Waals surface area (Å²) in [6.07, 6.45) is 1.96. The largest absolute Gasteiger partial charge is 0.349 e. The third-order valence-corrected chi connectivity index (χ3v) is 5.25. The van der Waals surface area contributed by atoms with Crippen molar-refractivity contribution in [1.82, 2.24) is 25.2 Å². The van der Waals surface area contributed by atoms with E-state index in [0.29, 0.717) is 5.56 Å². The topological polar surface area (TPSA) is 63.1 Å². The zero-order chi connectivity index (χ0) is 18.6. The third kappa shape index (κ3) is 4.01. The summed E-state index contributed by atoms with van der Waals surface area (Å²) >= 11 is 0. The Morgan fingerprint density at radius 3 is 2.67 bits per heavy atom. The van der Waals surface area contributed by atoms with Gasteiger partial charge in [0, 0.05) is 37.8 Å². The van der Waals surface area contributed by atoms with E-state index >= 15 is 0 Å². The number of rotatable bonds is 5. The second kappa shape index (κ2) is 7.88. The number of amides is 1. The molecule has 4 rings (SSSR count). The van der Waals surface area contributed by atoms with Crippen LogP contribution in [0.5, 0.6) is 0 Å². The maximum atomic E-state index is 12.6. The first-order valence-corrected chi connectivity index (χ1v) is 9.63. The molecule has 0 aliphatic carbocycles. The van der Waals surface area contributed by atoms with Crippen LogP contribution in [0.1, 0.15) is 35.7 Å². The molecule has 0 radical (unpaired) electrons. The van der Waals surface area contributed by atoms with Gasteiger partial charge in [-0.1, -0.05) is 35.5 Å². The molecule has 0 unspecified atom stereocenters. The summed E-state index contributed by atoms with van der Waals surface area (Å²) in [4.78, 5) is 15.1. The average Bonchev–Trinajstić information content (AvgIpc) is 3.12. The maximum Gasteiger partial charge on any atom is 0.251 e. The number of aryl methyl sites for hydroxylation is 1. The minimum absolute atomic E-state index is 0.0237. The van der Waals surface area contributed by atoms with Crippen LogP contribution in [-0.2, 0) is 13.1 Å². The van der Waals surface area contributed by atoms with Gasteiger partial charge in [-0.3, -0.25) is 9.69 Å². The number of nitrogens with one attached hydrogen (secondary N) is 1. The number of aromatic nitrogens is 3. The summed E-state index contributed by atoms with van der Waals surface area (Å²) in [5.74, 6) is -0.0237. The van der Waals surface area contributed by atoms with Crippen LogP contribution < -0.4 is 5.32 Å². The Balaban J connectivity index is 1.33. The van der Waals surface area contributed by atoms with E-state index < -0.39 is 0 Å². The number of carbonyl (C=O) groups excluding carboxylic acids is 1. The standard InChI is InChI=1S/C21H25N5O/c1-2-26-20-9-8-17(14-19(20)23-24-26)21(27)22-18-10-12-25(13-11-18)15-16-6-4-3-5-7-16/h3-9,14,18H,2,10-13,15H2,1H3,(H,22,27). The number of carbonyl (C=O) groups is 1. The van der Waals surface area contributed by atoms with Crippen molar-refractivity contribution in [3.8, 4) is 0 Å². The Bertz CT molecular complexity index is 913. The van der Waals surface area contributed by atoms with E-state index in [1.165, 1.54) is 5.56 Å². The van der Waals surface area contributed by atoms with Crippen molar-refractivity contribution < 1.29 is 4.79 Å². The molecule has 3 aromatic rings. The van der Waals surface area contributed by atoms with Gasteiger partial charge in [-0.2, -0.15) is 0 Å². The lowest BCUT2D eigenvalue weighted by Crippen LogP contribution is -2.44. The second-order valence-corrected chi connectivity index (χ2v) is 7.12. The van der Waals surface area contributed by atoms with Gasteiger partial charge in [0.15, 0.2) is 0 Å². The zero-order valence-electron chi connectivity index (χ0n) is 15.6. The van der Waals surface area contributed by atoms with Gasteiger partial charge in [-0.15, -0.1) is 5.10 Å². The van der Waals surface area contributed by atoms with Crippen molar-refractivity contribution in [2.24, 2.45) is 0 Å². The van der Waals surface area contributed by atoms with Crippen LogP contribution >= 0.6 is 0 Å². The second-order valence-electron chi connectivity index (χ2n) is 7.12. The fraction of sp³-hybridized carbons (Fsp3) is 0.381. The molecule has 1 saturated heterocycles. The monoisotopic (exact) mass is 363 g/mol. The molecule has 27 heavy (non-hydrogen) atoms. The molecular formula is C21H25N5O. The smallest absolute Gasteiger partial charge is 0.251 e. The zero-order valence-corrected chi connectivity index (χ0v) is 15.6. The number of piperidine rings is 1. The lowest BCUT2D eigenvalue weighted by atomic mass is 10.0. The van der Waals surface area contributed by atoms with Crippen molar-refractivity contribution in [1.29, 1.82) is 0 Å². The van der Waals surface area contributed by atoms with Crippen LogP contribution in [-0.4, -0.2) is 44.9 Å². The quantitative estimate of drug-likeness (QED) is 0.757. The molecule has 0 bridgehead atoms. The van der Waals surface area contributed by atoms with E-state index in [-0.39, 0.29) is 11.9 Å². The Hall–Kier alpha value is -2.73. The van der Waals surface area contributed by atoms with Crippen LogP contribution in [0.4, 0.5) is 0 Å². The Morgan fingerprint density at radius 2 is 1.93 bits per heavy atom. The van der Waals surface area contributed by atoms with Crippen LogP contribution in [0.25, 0.3) is 11.0 Å². The Labute approximate surface area is 159 Å². The first kappa shape index (κ1) is 17.7. The van der Waals surface area contributed by atoms with E-state index in [1.54, 1.807) is 0 Å². The van der Waals surface area contributed by atoms with E-state index in [1.807, 2.05) is 35.9 Å². The van der Waals surface area contributed by atoms with Gasteiger partial charge in [-0.25, -0.2) is 4.68 Å².